The van der Waals surface area contributed by atoms with Crippen molar-refractivity contribution in [2.24, 2.45) is 0 Å². The number of ether oxygens (including phenoxy) is 1. The van der Waals surface area contributed by atoms with Crippen LogP contribution in [0.5, 0.6) is 0 Å². The highest BCUT2D eigenvalue weighted by atomic mass is 35.5. The zero-order valence-corrected chi connectivity index (χ0v) is 24.0. The minimum atomic E-state index is -0.382. The topological polar surface area (TPSA) is 46.5 Å². The second kappa shape index (κ2) is 14.9. The standard InChI is InChI=1S/C16H23ClO2.C14H21ClO/c1-12(18)19-15(6-5-11-17)13-7-9-14(10-8-13)16(2,3)4;1-14(2,3)12-8-6-11(7-9-12)13(16)5-4-10-15/h7-10,15H,5-6,11H2,1-4H3;6-9,13,16H,4-5,10H2,1-3H3/t15-;13-/m11/s1. The van der Waals surface area contributed by atoms with Crippen LogP contribution in [-0.2, 0) is 20.4 Å². The molecule has 0 aliphatic heterocycles. The van der Waals surface area contributed by atoms with Crippen molar-refractivity contribution in [3.63, 3.8) is 0 Å². The van der Waals surface area contributed by atoms with Gasteiger partial charge in [0.05, 0.1) is 6.10 Å². The summed E-state index contributed by atoms with van der Waals surface area (Å²) in [5, 5.41) is 9.89. The summed E-state index contributed by atoms with van der Waals surface area (Å²) < 4.78 is 5.37. The first-order chi connectivity index (χ1) is 16.3. The van der Waals surface area contributed by atoms with Crippen LogP contribution >= 0.6 is 23.2 Å². The van der Waals surface area contributed by atoms with Gasteiger partial charge >= 0.3 is 5.97 Å². The van der Waals surface area contributed by atoms with Gasteiger partial charge in [-0.15, -0.1) is 23.2 Å². The SMILES string of the molecule is CC(=O)O[C@H](CCCCl)c1ccc(C(C)(C)C)cc1.CC(C)(C)c1ccc([C@H](O)CCCCl)cc1. The van der Waals surface area contributed by atoms with Gasteiger partial charge < -0.3 is 9.84 Å². The number of benzene rings is 2. The minimum Gasteiger partial charge on any atom is -0.458 e. The van der Waals surface area contributed by atoms with Gasteiger partial charge in [0.15, 0.2) is 0 Å². The van der Waals surface area contributed by atoms with Crippen molar-refractivity contribution in [3.05, 3.63) is 70.8 Å². The van der Waals surface area contributed by atoms with E-state index >= 15 is 0 Å². The third-order valence-electron chi connectivity index (χ3n) is 5.83. The van der Waals surface area contributed by atoms with Crippen LogP contribution in [0.3, 0.4) is 0 Å². The maximum Gasteiger partial charge on any atom is 0.303 e. The molecule has 3 nitrogen and oxygen atoms in total. The van der Waals surface area contributed by atoms with Crippen molar-refractivity contribution < 1.29 is 14.6 Å². The summed E-state index contributed by atoms with van der Waals surface area (Å²) in [5.41, 5.74) is 4.88. The second-order valence-electron chi connectivity index (χ2n) is 11.0. The molecule has 2 aromatic rings. The van der Waals surface area contributed by atoms with Crippen LogP contribution in [0.1, 0.15) is 109 Å². The fraction of sp³-hybridized carbons (Fsp3) is 0.567. The lowest BCUT2D eigenvalue weighted by atomic mass is 9.86. The quantitative estimate of drug-likeness (QED) is 0.264. The molecule has 0 aliphatic rings. The van der Waals surface area contributed by atoms with E-state index in [0.717, 1.165) is 36.8 Å². The summed E-state index contributed by atoms with van der Waals surface area (Å²) in [6.07, 6.45) is 2.61. The van der Waals surface area contributed by atoms with E-state index in [1.165, 1.54) is 18.1 Å². The van der Waals surface area contributed by atoms with Crippen molar-refractivity contribution in [2.45, 2.75) is 97.2 Å². The van der Waals surface area contributed by atoms with Gasteiger partial charge in [0.1, 0.15) is 6.10 Å². The van der Waals surface area contributed by atoms with Crippen LogP contribution in [0.4, 0.5) is 0 Å². The summed E-state index contributed by atoms with van der Waals surface area (Å²) in [7, 11) is 0. The first kappa shape index (κ1) is 31.5. The molecule has 0 heterocycles. The molecular weight excluding hydrogens is 479 g/mol. The Kier molecular flexibility index (Phi) is 13.4. The molecule has 0 amide bonds. The smallest absolute Gasteiger partial charge is 0.303 e. The molecule has 1 N–H and O–H groups in total. The molecule has 0 radical (unpaired) electrons. The van der Waals surface area contributed by atoms with E-state index in [1.54, 1.807) is 0 Å². The molecule has 5 heteroatoms. The number of rotatable bonds is 9. The number of carbonyl (C=O) groups is 1. The van der Waals surface area contributed by atoms with E-state index in [1.807, 2.05) is 24.3 Å². The van der Waals surface area contributed by atoms with E-state index in [9.17, 15) is 9.90 Å². The molecule has 0 spiro atoms. The van der Waals surface area contributed by atoms with Crippen LogP contribution < -0.4 is 0 Å². The monoisotopic (exact) mass is 522 g/mol. The van der Waals surface area contributed by atoms with Crippen molar-refractivity contribution in [1.29, 1.82) is 0 Å². The van der Waals surface area contributed by atoms with Gasteiger partial charge in [-0.3, -0.25) is 4.79 Å². The van der Waals surface area contributed by atoms with Gasteiger partial charge in [-0.25, -0.2) is 0 Å². The lowest BCUT2D eigenvalue weighted by Crippen LogP contribution is -2.12. The molecule has 0 saturated carbocycles. The summed E-state index contributed by atoms with van der Waals surface area (Å²) in [5.74, 6) is 0.939. The molecule has 2 rings (SSSR count). The zero-order chi connectivity index (χ0) is 26.6. The second-order valence-corrected chi connectivity index (χ2v) is 11.8. The number of hydrogen-bond acceptors (Lipinski definition) is 3. The molecule has 35 heavy (non-hydrogen) atoms. The summed E-state index contributed by atoms with van der Waals surface area (Å²) in [4.78, 5) is 11.2. The average Bonchev–Trinajstić information content (AvgIpc) is 2.79. The molecule has 2 aromatic carbocycles. The fourth-order valence-electron chi connectivity index (χ4n) is 3.60. The van der Waals surface area contributed by atoms with Gasteiger partial charge in [0, 0.05) is 18.7 Å². The molecule has 0 fully saturated rings. The number of esters is 1. The lowest BCUT2D eigenvalue weighted by molar-refractivity contribution is -0.147. The van der Waals surface area contributed by atoms with Crippen molar-refractivity contribution >= 4 is 29.2 Å². The lowest BCUT2D eigenvalue weighted by Gasteiger charge is -2.21. The molecular formula is C30H44Cl2O3. The number of carbonyl (C=O) groups excluding carboxylic acids is 1. The molecule has 2 atom stereocenters. The molecule has 0 bridgehead atoms. The predicted molar refractivity (Wildman–Crippen MR) is 150 cm³/mol. The summed E-state index contributed by atoms with van der Waals surface area (Å²) in [6.45, 7) is 14.5. The van der Waals surface area contributed by atoms with Crippen LogP contribution in [0.2, 0.25) is 0 Å². The number of aliphatic hydroxyl groups is 1. The first-order valence-electron chi connectivity index (χ1n) is 12.5. The number of halogens is 2. The highest BCUT2D eigenvalue weighted by Crippen LogP contribution is 2.28. The van der Waals surface area contributed by atoms with E-state index < -0.39 is 0 Å². The molecule has 0 saturated heterocycles. The Labute approximate surface area is 223 Å². The van der Waals surface area contributed by atoms with E-state index in [-0.39, 0.29) is 29.0 Å². The molecule has 0 aliphatic carbocycles. The van der Waals surface area contributed by atoms with E-state index in [4.69, 9.17) is 27.9 Å². The van der Waals surface area contributed by atoms with Crippen molar-refractivity contribution in [1.82, 2.24) is 0 Å². The molecule has 0 unspecified atom stereocenters. The van der Waals surface area contributed by atoms with Gasteiger partial charge in [-0.05, 0) is 58.8 Å². The largest absolute Gasteiger partial charge is 0.458 e. The summed E-state index contributed by atoms with van der Waals surface area (Å²) in [6, 6.07) is 16.5. The Morgan fingerprint density at radius 2 is 1.17 bits per heavy atom. The first-order valence-corrected chi connectivity index (χ1v) is 13.5. The summed E-state index contributed by atoms with van der Waals surface area (Å²) >= 11 is 11.3. The van der Waals surface area contributed by atoms with Gasteiger partial charge in [-0.1, -0.05) is 90.1 Å². The van der Waals surface area contributed by atoms with Crippen molar-refractivity contribution in [3.8, 4) is 0 Å². The minimum absolute atomic E-state index is 0.131. The van der Waals surface area contributed by atoms with Crippen LogP contribution in [0.25, 0.3) is 0 Å². The molecule has 196 valence electrons. The Hall–Kier alpha value is -1.55. The van der Waals surface area contributed by atoms with E-state index in [0.29, 0.717) is 11.8 Å². The Bertz CT molecular complexity index is 862. The predicted octanol–water partition coefficient (Wildman–Crippen LogP) is 8.64. The maximum absolute atomic E-state index is 11.2. The third kappa shape index (κ3) is 11.8. The third-order valence-corrected chi connectivity index (χ3v) is 6.36. The number of alkyl halides is 2. The van der Waals surface area contributed by atoms with E-state index in [2.05, 4.69) is 65.8 Å². The van der Waals surface area contributed by atoms with Gasteiger partial charge in [0.2, 0.25) is 0 Å². The average molecular weight is 524 g/mol. The number of hydrogen-bond donors (Lipinski definition) is 1. The highest BCUT2D eigenvalue weighted by molar-refractivity contribution is 6.18. The maximum atomic E-state index is 11.2. The highest BCUT2D eigenvalue weighted by Gasteiger charge is 2.17. The van der Waals surface area contributed by atoms with Crippen molar-refractivity contribution in [2.75, 3.05) is 11.8 Å². The van der Waals surface area contributed by atoms with Gasteiger partial charge in [0.25, 0.3) is 0 Å². The van der Waals surface area contributed by atoms with Crippen LogP contribution in [-0.4, -0.2) is 22.8 Å². The Morgan fingerprint density at radius 3 is 1.54 bits per heavy atom. The van der Waals surface area contributed by atoms with Crippen LogP contribution in [0, 0.1) is 0 Å². The zero-order valence-electron chi connectivity index (χ0n) is 22.5. The molecule has 0 aromatic heterocycles. The van der Waals surface area contributed by atoms with Crippen LogP contribution in [0.15, 0.2) is 48.5 Å². The Morgan fingerprint density at radius 1 is 0.771 bits per heavy atom. The Balaban J connectivity index is 0.000000355. The fourth-order valence-corrected chi connectivity index (χ4v) is 3.91. The normalized spacial score (nSPS) is 13.4. The van der Waals surface area contributed by atoms with Gasteiger partial charge in [-0.2, -0.15) is 0 Å². The number of aliphatic hydroxyl groups excluding tert-OH is 1.